The van der Waals surface area contributed by atoms with Gasteiger partial charge in [-0.2, -0.15) is 0 Å². The molecule has 0 spiro atoms. The van der Waals surface area contributed by atoms with Gasteiger partial charge in [0.15, 0.2) is 0 Å². The second-order valence-electron chi connectivity index (χ2n) is 3.97. The number of benzene rings is 2. The summed E-state index contributed by atoms with van der Waals surface area (Å²) in [5.74, 6) is 0. The lowest BCUT2D eigenvalue weighted by molar-refractivity contribution is 0.949. The van der Waals surface area contributed by atoms with Gasteiger partial charge >= 0.3 is 0 Å². The van der Waals surface area contributed by atoms with E-state index < -0.39 is 0 Å². The fourth-order valence-corrected chi connectivity index (χ4v) is 2.87. The molecule has 0 aliphatic heterocycles. The molecule has 0 saturated carbocycles. The van der Waals surface area contributed by atoms with Gasteiger partial charge in [0.25, 0.3) is 0 Å². The van der Waals surface area contributed by atoms with Crippen molar-refractivity contribution in [2.45, 2.75) is 11.2 Å². The van der Waals surface area contributed by atoms with Crippen LogP contribution in [0.2, 0.25) is 10.0 Å². The average molecular weight is 409 g/mol. The normalized spacial score (nSPS) is 12.4. The molecular formula is C14H10Br2Cl2. The Labute approximate surface area is 134 Å². The summed E-state index contributed by atoms with van der Waals surface area (Å²) in [6.45, 7) is 0. The molecule has 2 aromatic rings. The van der Waals surface area contributed by atoms with Crippen LogP contribution in [-0.4, -0.2) is 0 Å². The van der Waals surface area contributed by atoms with E-state index in [2.05, 4.69) is 37.9 Å². The molecule has 0 saturated heterocycles. The van der Waals surface area contributed by atoms with Crippen molar-refractivity contribution in [3.05, 3.63) is 68.1 Å². The van der Waals surface area contributed by atoms with Gasteiger partial charge in [-0.1, -0.05) is 57.3 Å². The Morgan fingerprint density at radius 3 is 2.28 bits per heavy atom. The van der Waals surface area contributed by atoms with Gasteiger partial charge in [-0.05, 0) is 57.7 Å². The van der Waals surface area contributed by atoms with E-state index >= 15 is 0 Å². The van der Waals surface area contributed by atoms with Gasteiger partial charge in [0.2, 0.25) is 0 Å². The van der Waals surface area contributed by atoms with Crippen LogP contribution in [0.5, 0.6) is 0 Å². The maximum atomic E-state index is 6.10. The molecule has 0 heterocycles. The molecule has 18 heavy (non-hydrogen) atoms. The van der Waals surface area contributed by atoms with E-state index in [1.54, 1.807) is 0 Å². The Kier molecular flexibility index (Phi) is 5.14. The molecule has 2 aromatic carbocycles. The largest absolute Gasteiger partial charge is 0.0843 e. The standard InChI is InChI=1S/C14H10Br2Cl2/c15-12-6-3-10(8-14(12)18)13(16)7-9-1-4-11(17)5-2-9/h1-6,8,13H,7H2. The average Bonchev–Trinajstić information content (AvgIpc) is 2.35. The Bertz CT molecular complexity index is 538. The number of rotatable bonds is 3. The molecule has 2 rings (SSSR count). The third-order valence-electron chi connectivity index (χ3n) is 2.63. The van der Waals surface area contributed by atoms with Crippen LogP contribution in [0.4, 0.5) is 0 Å². The second kappa shape index (κ2) is 6.42. The van der Waals surface area contributed by atoms with Crippen LogP contribution in [0.3, 0.4) is 0 Å². The molecule has 0 aromatic heterocycles. The molecule has 94 valence electrons. The summed E-state index contributed by atoms with van der Waals surface area (Å²) in [6, 6.07) is 13.9. The molecule has 1 unspecified atom stereocenters. The van der Waals surface area contributed by atoms with Crippen molar-refractivity contribution in [1.82, 2.24) is 0 Å². The zero-order valence-corrected chi connectivity index (χ0v) is 14.0. The second-order valence-corrected chi connectivity index (χ2v) is 6.77. The Morgan fingerprint density at radius 1 is 1.00 bits per heavy atom. The number of hydrogen-bond donors (Lipinski definition) is 0. The van der Waals surface area contributed by atoms with Gasteiger partial charge in [-0.15, -0.1) is 0 Å². The van der Waals surface area contributed by atoms with Crippen molar-refractivity contribution in [1.29, 1.82) is 0 Å². The van der Waals surface area contributed by atoms with Crippen molar-refractivity contribution in [2.24, 2.45) is 0 Å². The van der Waals surface area contributed by atoms with E-state index in [9.17, 15) is 0 Å². The summed E-state index contributed by atoms with van der Waals surface area (Å²) in [5.41, 5.74) is 2.40. The third-order valence-corrected chi connectivity index (χ3v) is 4.97. The fourth-order valence-electron chi connectivity index (χ4n) is 1.65. The van der Waals surface area contributed by atoms with Crippen LogP contribution in [0, 0.1) is 0 Å². The summed E-state index contributed by atoms with van der Waals surface area (Å²) < 4.78 is 0.916. The van der Waals surface area contributed by atoms with E-state index in [0.717, 1.165) is 26.5 Å². The smallest absolute Gasteiger partial charge is 0.0551 e. The first-order valence-corrected chi connectivity index (χ1v) is 7.86. The van der Waals surface area contributed by atoms with Crippen LogP contribution in [0.15, 0.2) is 46.9 Å². The molecule has 4 heteroatoms. The van der Waals surface area contributed by atoms with Crippen LogP contribution in [-0.2, 0) is 6.42 Å². The number of halogens is 4. The highest BCUT2D eigenvalue weighted by Gasteiger charge is 2.10. The van der Waals surface area contributed by atoms with E-state index in [1.807, 2.05) is 36.4 Å². The first-order valence-electron chi connectivity index (χ1n) is 5.40. The monoisotopic (exact) mass is 406 g/mol. The fraction of sp³-hybridized carbons (Fsp3) is 0.143. The Morgan fingerprint density at radius 2 is 1.67 bits per heavy atom. The van der Waals surface area contributed by atoms with E-state index in [0.29, 0.717) is 0 Å². The molecule has 0 fully saturated rings. The minimum absolute atomic E-state index is 0.240. The molecular weight excluding hydrogens is 399 g/mol. The summed E-state index contributed by atoms with van der Waals surface area (Å²) in [4.78, 5) is 0.240. The molecule has 0 bridgehead atoms. The third kappa shape index (κ3) is 3.74. The van der Waals surface area contributed by atoms with Crippen molar-refractivity contribution < 1.29 is 0 Å². The first-order chi connectivity index (χ1) is 8.56. The number of hydrogen-bond acceptors (Lipinski definition) is 0. The van der Waals surface area contributed by atoms with Crippen molar-refractivity contribution in [2.75, 3.05) is 0 Å². The lowest BCUT2D eigenvalue weighted by Crippen LogP contribution is -1.95. The van der Waals surface area contributed by atoms with Gasteiger partial charge in [-0.3, -0.25) is 0 Å². The van der Waals surface area contributed by atoms with Gasteiger partial charge in [-0.25, -0.2) is 0 Å². The molecule has 0 aliphatic rings. The highest BCUT2D eigenvalue weighted by atomic mass is 79.9. The minimum Gasteiger partial charge on any atom is -0.0843 e. The van der Waals surface area contributed by atoms with E-state index in [1.165, 1.54) is 5.56 Å². The predicted molar refractivity (Wildman–Crippen MR) is 86.0 cm³/mol. The van der Waals surface area contributed by atoms with Crippen LogP contribution < -0.4 is 0 Å². The zero-order chi connectivity index (χ0) is 13.1. The maximum Gasteiger partial charge on any atom is 0.0551 e. The van der Waals surface area contributed by atoms with Crippen LogP contribution in [0.1, 0.15) is 16.0 Å². The van der Waals surface area contributed by atoms with E-state index in [4.69, 9.17) is 23.2 Å². The molecule has 0 radical (unpaired) electrons. The SMILES string of the molecule is Clc1ccc(CC(Br)c2ccc(Br)c(Cl)c2)cc1. The molecule has 0 amide bonds. The molecule has 0 N–H and O–H groups in total. The van der Waals surface area contributed by atoms with Crippen LogP contribution in [0.25, 0.3) is 0 Å². The molecule has 0 aliphatic carbocycles. The van der Waals surface area contributed by atoms with Gasteiger partial charge in [0, 0.05) is 14.3 Å². The summed E-state index contributed by atoms with van der Waals surface area (Å²) in [5, 5.41) is 1.49. The zero-order valence-electron chi connectivity index (χ0n) is 9.34. The quantitative estimate of drug-likeness (QED) is 0.513. The summed E-state index contributed by atoms with van der Waals surface area (Å²) >= 11 is 19.0. The van der Waals surface area contributed by atoms with Crippen LogP contribution >= 0.6 is 55.1 Å². The van der Waals surface area contributed by atoms with Crippen molar-refractivity contribution in [3.8, 4) is 0 Å². The lowest BCUT2D eigenvalue weighted by Gasteiger charge is -2.11. The summed E-state index contributed by atoms with van der Waals surface area (Å²) in [7, 11) is 0. The first kappa shape index (κ1) is 14.4. The lowest BCUT2D eigenvalue weighted by atomic mass is 10.0. The van der Waals surface area contributed by atoms with Crippen molar-refractivity contribution >= 4 is 55.1 Å². The molecule has 0 nitrogen and oxygen atoms in total. The number of alkyl halides is 1. The van der Waals surface area contributed by atoms with E-state index in [-0.39, 0.29) is 4.83 Å². The highest BCUT2D eigenvalue weighted by Crippen LogP contribution is 2.32. The highest BCUT2D eigenvalue weighted by molar-refractivity contribution is 9.10. The molecule has 1 atom stereocenters. The Balaban J connectivity index is 2.13. The van der Waals surface area contributed by atoms with Crippen molar-refractivity contribution in [3.63, 3.8) is 0 Å². The predicted octanol–water partition coefficient (Wildman–Crippen LogP) is 6.43. The maximum absolute atomic E-state index is 6.10. The van der Waals surface area contributed by atoms with Gasteiger partial charge in [0.05, 0.1) is 5.02 Å². The van der Waals surface area contributed by atoms with Gasteiger partial charge in [0.1, 0.15) is 0 Å². The summed E-state index contributed by atoms with van der Waals surface area (Å²) in [6.07, 6.45) is 0.898. The minimum atomic E-state index is 0.240. The van der Waals surface area contributed by atoms with Gasteiger partial charge < -0.3 is 0 Å². The topological polar surface area (TPSA) is 0 Å². The Hall–Kier alpha value is -0.0200.